The highest BCUT2D eigenvalue weighted by molar-refractivity contribution is 14.1. The van der Waals surface area contributed by atoms with Crippen LogP contribution in [0.2, 0.25) is 0 Å². The van der Waals surface area contributed by atoms with Gasteiger partial charge in [-0.05, 0) is 57.3 Å². The Bertz CT molecular complexity index is 341. The zero-order valence-electron chi connectivity index (χ0n) is 6.89. The standard InChI is InChI=1S/C9H9I2NO/c10-5-3-6(11)9-7(12)1-2-13-8(9)4-5/h3-4,7H,1-2,12H2/t7-/m0/s1. The molecule has 1 atom stereocenters. The van der Waals surface area contributed by atoms with Gasteiger partial charge in [0.05, 0.1) is 6.61 Å². The minimum Gasteiger partial charge on any atom is -0.493 e. The second kappa shape index (κ2) is 3.90. The first-order valence-electron chi connectivity index (χ1n) is 4.06. The molecule has 70 valence electrons. The number of hydrogen-bond donors (Lipinski definition) is 1. The predicted molar refractivity (Wildman–Crippen MR) is 68.9 cm³/mol. The Kier molecular flexibility index (Phi) is 2.99. The van der Waals surface area contributed by atoms with Gasteiger partial charge in [-0.2, -0.15) is 0 Å². The highest BCUT2D eigenvalue weighted by Gasteiger charge is 2.21. The molecule has 0 bridgehead atoms. The van der Waals surface area contributed by atoms with Crippen LogP contribution in [0, 0.1) is 7.14 Å². The Hall–Kier alpha value is 0.440. The summed E-state index contributed by atoms with van der Waals surface area (Å²) in [5.74, 6) is 0.968. The van der Waals surface area contributed by atoms with Gasteiger partial charge >= 0.3 is 0 Å². The lowest BCUT2D eigenvalue weighted by atomic mass is 10.0. The lowest BCUT2D eigenvalue weighted by Crippen LogP contribution is -2.21. The molecule has 0 aliphatic carbocycles. The Morgan fingerprint density at radius 2 is 2.15 bits per heavy atom. The van der Waals surface area contributed by atoms with Gasteiger partial charge in [-0.25, -0.2) is 0 Å². The van der Waals surface area contributed by atoms with Crippen LogP contribution in [-0.2, 0) is 0 Å². The Balaban J connectivity index is 2.56. The molecular formula is C9H9I2NO. The average molecular weight is 401 g/mol. The smallest absolute Gasteiger partial charge is 0.126 e. The summed E-state index contributed by atoms with van der Waals surface area (Å²) in [6, 6.07) is 4.33. The monoisotopic (exact) mass is 401 g/mol. The summed E-state index contributed by atoms with van der Waals surface area (Å²) in [7, 11) is 0. The lowest BCUT2D eigenvalue weighted by Gasteiger charge is -2.24. The fraction of sp³-hybridized carbons (Fsp3) is 0.333. The van der Waals surface area contributed by atoms with Gasteiger partial charge in [0.25, 0.3) is 0 Å². The molecule has 0 radical (unpaired) electrons. The van der Waals surface area contributed by atoms with Crippen molar-refractivity contribution in [2.75, 3.05) is 6.61 Å². The van der Waals surface area contributed by atoms with Crippen molar-refractivity contribution in [3.8, 4) is 5.75 Å². The topological polar surface area (TPSA) is 35.2 Å². The molecule has 4 heteroatoms. The van der Waals surface area contributed by atoms with Crippen LogP contribution in [0.3, 0.4) is 0 Å². The summed E-state index contributed by atoms with van der Waals surface area (Å²) in [4.78, 5) is 0. The second-order valence-corrected chi connectivity index (χ2v) is 5.45. The zero-order chi connectivity index (χ0) is 9.42. The first-order chi connectivity index (χ1) is 6.18. The normalized spacial score (nSPS) is 20.7. The molecule has 1 heterocycles. The van der Waals surface area contributed by atoms with Gasteiger partial charge in [0.1, 0.15) is 5.75 Å². The van der Waals surface area contributed by atoms with E-state index in [9.17, 15) is 0 Å². The summed E-state index contributed by atoms with van der Waals surface area (Å²) in [5, 5.41) is 0. The van der Waals surface area contributed by atoms with Gasteiger partial charge in [0.15, 0.2) is 0 Å². The van der Waals surface area contributed by atoms with E-state index < -0.39 is 0 Å². The third-order valence-corrected chi connectivity index (χ3v) is 3.63. The number of hydrogen-bond acceptors (Lipinski definition) is 2. The third-order valence-electron chi connectivity index (χ3n) is 2.11. The summed E-state index contributed by atoms with van der Waals surface area (Å²) in [5.41, 5.74) is 7.18. The van der Waals surface area contributed by atoms with Gasteiger partial charge in [-0.3, -0.25) is 0 Å². The van der Waals surface area contributed by atoms with Crippen LogP contribution in [-0.4, -0.2) is 6.61 Å². The molecule has 1 aliphatic rings. The number of halogens is 2. The SMILES string of the molecule is N[C@H]1CCOc2cc(I)cc(I)c21. The fourth-order valence-corrected chi connectivity index (χ4v) is 3.67. The molecule has 2 rings (SSSR count). The van der Waals surface area contributed by atoms with E-state index in [1.54, 1.807) is 0 Å². The summed E-state index contributed by atoms with van der Waals surface area (Å²) in [6.07, 6.45) is 0.920. The van der Waals surface area contributed by atoms with Crippen molar-refractivity contribution in [1.29, 1.82) is 0 Å². The molecule has 0 spiro atoms. The van der Waals surface area contributed by atoms with Crippen molar-refractivity contribution in [2.24, 2.45) is 5.73 Å². The maximum atomic E-state index is 6.01. The van der Waals surface area contributed by atoms with Crippen LogP contribution in [0.25, 0.3) is 0 Å². The number of benzene rings is 1. The van der Waals surface area contributed by atoms with Crippen molar-refractivity contribution in [3.05, 3.63) is 24.8 Å². The predicted octanol–water partition coefficient (Wildman–Crippen LogP) is 2.68. The molecule has 2 nitrogen and oxygen atoms in total. The highest BCUT2D eigenvalue weighted by atomic mass is 127. The molecule has 0 unspecified atom stereocenters. The number of rotatable bonds is 0. The largest absolute Gasteiger partial charge is 0.493 e. The average Bonchev–Trinajstić information content (AvgIpc) is 2.02. The summed E-state index contributed by atoms with van der Waals surface area (Å²) < 4.78 is 7.98. The van der Waals surface area contributed by atoms with Crippen molar-refractivity contribution in [1.82, 2.24) is 0 Å². The summed E-state index contributed by atoms with van der Waals surface area (Å²) >= 11 is 4.61. The van der Waals surface area contributed by atoms with Gasteiger partial charge < -0.3 is 10.5 Å². The molecule has 1 aromatic rings. The maximum Gasteiger partial charge on any atom is 0.126 e. The minimum absolute atomic E-state index is 0.146. The zero-order valence-corrected chi connectivity index (χ0v) is 11.2. The molecule has 0 saturated heterocycles. The van der Waals surface area contributed by atoms with Gasteiger partial charge in [0.2, 0.25) is 0 Å². The molecule has 1 aliphatic heterocycles. The van der Waals surface area contributed by atoms with Gasteiger partial charge in [-0.15, -0.1) is 0 Å². The number of nitrogens with two attached hydrogens (primary N) is 1. The number of ether oxygens (including phenoxy) is 1. The molecule has 0 saturated carbocycles. The first kappa shape index (κ1) is 9.97. The summed E-state index contributed by atoms with van der Waals surface area (Å²) in [6.45, 7) is 0.740. The van der Waals surface area contributed by atoms with Crippen LogP contribution in [0.4, 0.5) is 0 Å². The molecule has 2 N–H and O–H groups in total. The highest BCUT2D eigenvalue weighted by Crippen LogP contribution is 2.35. The van der Waals surface area contributed by atoms with Crippen molar-refractivity contribution in [3.63, 3.8) is 0 Å². The van der Waals surface area contributed by atoms with Crippen molar-refractivity contribution in [2.45, 2.75) is 12.5 Å². The van der Waals surface area contributed by atoms with E-state index in [0.29, 0.717) is 0 Å². The van der Waals surface area contributed by atoms with E-state index in [4.69, 9.17) is 10.5 Å². The molecule has 0 aromatic heterocycles. The Labute approximate surface area is 104 Å². The van der Waals surface area contributed by atoms with Gasteiger partial charge in [0, 0.05) is 25.2 Å². The van der Waals surface area contributed by atoms with Crippen LogP contribution < -0.4 is 10.5 Å². The second-order valence-electron chi connectivity index (χ2n) is 3.04. The van der Waals surface area contributed by atoms with E-state index in [-0.39, 0.29) is 6.04 Å². The quantitative estimate of drug-likeness (QED) is 0.679. The molecule has 13 heavy (non-hydrogen) atoms. The minimum atomic E-state index is 0.146. The van der Waals surface area contributed by atoms with Crippen LogP contribution >= 0.6 is 45.2 Å². The van der Waals surface area contributed by atoms with Crippen molar-refractivity contribution >= 4 is 45.2 Å². The van der Waals surface area contributed by atoms with Crippen molar-refractivity contribution < 1.29 is 4.74 Å². The molecule has 1 aromatic carbocycles. The molecule has 0 amide bonds. The lowest BCUT2D eigenvalue weighted by molar-refractivity contribution is 0.268. The van der Waals surface area contributed by atoms with Gasteiger partial charge in [-0.1, -0.05) is 0 Å². The molecular weight excluding hydrogens is 392 g/mol. The van der Waals surface area contributed by atoms with E-state index in [2.05, 4.69) is 57.3 Å². The Morgan fingerprint density at radius 1 is 1.38 bits per heavy atom. The van der Waals surface area contributed by atoms with E-state index in [1.165, 1.54) is 12.7 Å². The number of fused-ring (bicyclic) bond motifs is 1. The van der Waals surface area contributed by atoms with Crippen LogP contribution in [0.15, 0.2) is 12.1 Å². The Morgan fingerprint density at radius 3 is 2.92 bits per heavy atom. The van der Waals surface area contributed by atoms with Crippen LogP contribution in [0.1, 0.15) is 18.0 Å². The van der Waals surface area contributed by atoms with Crippen LogP contribution in [0.5, 0.6) is 5.75 Å². The molecule has 0 fully saturated rings. The maximum absolute atomic E-state index is 6.01. The van der Waals surface area contributed by atoms with E-state index in [0.717, 1.165) is 18.8 Å². The third kappa shape index (κ3) is 1.94. The van der Waals surface area contributed by atoms with E-state index >= 15 is 0 Å². The van der Waals surface area contributed by atoms with E-state index in [1.807, 2.05) is 0 Å². The fourth-order valence-electron chi connectivity index (χ4n) is 1.48. The first-order valence-corrected chi connectivity index (χ1v) is 6.21.